The van der Waals surface area contributed by atoms with Gasteiger partial charge in [0.1, 0.15) is 5.75 Å². The van der Waals surface area contributed by atoms with Crippen LogP contribution in [0.2, 0.25) is 5.02 Å². The van der Waals surface area contributed by atoms with E-state index < -0.39 is 18.2 Å². The van der Waals surface area contributed by atoms with Crippen LogP contribution in [-0.2, 0) is 20.7 Å². The predicted molar refractivity (Wildman–Crippen MR) is 90.1 cm³/mol. The Kier molecular flexibility index (Phi) is 5.29. The van der Waals surface area contributed by atoms with Crippen molar-refractivity contribution in [2.24, 2.45) is 0 Å². The summed E-state index contributed by atoms with van der Waals surface area (Å²) in [4.78, 5) is 24.4. The molecule has 1 aromatic carbocycles. The van der Waals surface area contributed by atoms with Gasteiger partial charge in [0, 0.05) is 17.5 Å². The van der Waals surface area contributed by atoms with Crippen LogP contribution < -0.4 is 10.1 Å². The van der Waals surface area contributed by atoms with Crippen molar-refractivity contribution in [1.82, 2.24) is 5.32 Å². The molecule has 0 unspecified atom stereocenters. The number of hydrogen-bond donors (Lipinski definition) is 1. The number of esters is 1. The van der Waals surface area contributed by atoms with Gasteiger partial charge in [-0.2, -0.15) is 0 Å². The van der Waals surface area contributed by atoms with Crippen molar-refractivity contribution in [3.8, 4) is 5.75 Å². The van der Waals surface area contributed by atoms with Crippen LogP contribution in [-0.4, -0.2) is 30.1 Å². The number of benzene rings is 1. The van der Waals surface area contributed by atoms with Gasteiger partial charge in [0.25, 0.3) is 5.91 Å². The minimum Gasteiger partial charge on any atom is -0.478 e. The molecule has 130 valence electrons. The lowest BCUT2D eigenvalue weighted by Gasteiger charge is -2.24. The molecule has 2 atom stereocenters. The number of hydrogen-bond acceptors (Lipinski definition) is 4. The first-order valence-electron chi connectivity index (χ1n) is 8.49. The fourth-order valence-corrected chi connectivity index (χ4v) is 3.41. The summed E-state index contributed by atoms with van der Waals surface area (Å²) in [5.74, 6) is -0.122. The molecule has 1 amide bonds. The molecule has 24 heavy (non-hydrogen) atoms. The van der Waals surface area contributed by atoms with Gasteiger partial charge >= 0.3 is 5.97 Å². The van der Waals surface area contributed by atoms with Crippen LogP contribution in [0.15, 0.2) is 18.2 Å². The van der Waals surface area contributed by atoms with Crippen molar-refractivity contribution in [3.05, 3.63) is 28.8 Å². The van der Waals surface area contributed by atoms with Gasteiger partial charge in [-0.05, 0) is 43.5 Å². The van der Waals surface area contributed by atoms with Crippen LogP contribution in [0.1, 0.15) is 44.6 Å². The Morgan fingerprint density at radius 3 is 2.79 bits per heavy atom. The summed E-state index contributed by atoms with van der Waals surface area (Å²) >= 11 is 5.94. The maximum atomic E-state index is 12.2. The van der Waals surface area contributed by atoms with Crippen molar-refractivity contribution in [2.75, 3.05) is 0 Å². The fraction of sp³-hybridized carbons (Fsp3) is 0.556. The molecule has 1 fully saturated rings. The summed E-state index contributed by atoms with van der Waals surface area (Å²) in [7, 11) is 0. The zero-order valence-corrected chi connectivity index (χ0v) is 14.5. The highest BCUT2D eigenvalue weighted by Gasteiger charge is 2.33. The SMILES string of the molecule is C[C@H](OC(=O)[C@@H]1Cc2cc(Cl)ccc2O1)C(=O)NC1CCCCC1. The van der Waals surface area contributed by atoms with Gasteiger partial charge < -0.3 is 14.8 Å². The first-order chi connectivity index (χ1) is 11.5. The molecule has 0 aromatic heterocycles. The second-order valence-electron chi connectivity index (χ2n) is 6.49. The second-order valence-corrected chi connectivity index (χ2v) is 6.92. The van der Waals surface area contributed by atoms with E-state index in [0.717, 1.165) is 31.2 Å². The predicted octanol–water partition coefficient (Wildman–Crippen LogP) is 3.02. The summed E-state index contributed by atoms with van der Waals surface area (Å²) in [6.07, 6.45) is 4.35. The van der Waals surface area contributed by atoms with E-state index in [0.29, 0.717) is 17.2 Å². The summed E-state index contributed by atoms with van der Waals surface area (Å²) in [5.41, 5.74) is 0.878. The lowest BCUT2D eigenvalue weighted by atomic mass is 9.95. The van der Waals surface area contributed by atoms with Crippen molar-refractivity contribution < 1.29 is 19.1 Å². The minimum atomic E-state index is -0.824. The van der Waals surface area contributed by atoms with Gasteiger partial charge in [0.15, 0.2) is 12.2 Å². The number of carbonyl (C=O) groups excluding carboxylic acids is 2. The molecule has 6 heteroatoms. The molecule has 5 nitrogen and oxygen atoms in total. The lowest BCUT2D eigenvalue weighted by molar-refractivity contribution is -0.161. The summed E-state index contributed by atoms with van der Waals surface area (Å²) < 4.78 is 10.9. The number of carbonyl (C=O) groups is 2. The van der Waals surface area contributed by atoms with Crippen molar-refractivity contribution in [2.45, 2.75) is 63.7 Å². The Hall–Kier alpha value is -1.75. The molecule has 1 aliphatic heterocycles. The Bertz CT molecular complexity index is 627. The summed E-state index contributed by atoms with van der Waals surface area (Å²) in [5, 5.41) is 3.57. The number of amides is 1. The highest BCUT2D eigenvalue weighted by molar-refractivity contribution is 6.30. The van der Waals surface area contributed by atoms with Gasteiger partial charge in [-0.1, -0.05) is 30.9 Å². The van der Waals surface area contributed by atoms with Gasteiger partial charge in [0.05, 0.1) is 0 Å². The molecule has 1 N–H and O–H groups in total. The van der Waals surface area contributed by atoms with Crippen molar-refractivity contribution in [3.63, 3.8) is 0 Å². The molecule has 0 saturated heterocycles. The van der Waals surface area contributed by atoms with E-state index in [1.165, 1.54) is 6.42 Å². The minimum absolute atomic E-state index is 0.196. The van der Waals surface area contributed by atoms with Crippen LogP contribution in [0, 0.1) is 0 Å². The molecule has 1 aromatic rings. The first-order valence-corrected chi connectivity index (χ1v) is 8.86. The standard InChI is InChI=1S/C18H22ClNO4/c1-11(17(21)20-14-5-3-2-4-6-14)23-18(22)16-10-12-9-13(19)7-8-15(12)24-16/h7-9,11,14,16H,2-6,10H2,1H3,(H,20,21)/t11-,16-/m0/s1. The Morgan fingerprint density at radius 2 is 2.04 bits per heavy atom. The third-order valence-corrected chi connectivity index (χ3v) is 4.81. The average molecular weight is 352 g/mol. The molecule has 3 rings (SSSR count). The second kappa shape index (κ2) is 7.43. The highest BCUT2D eigenvalue weighted by atomic mass is 35.5. The van der Waals surface area contributed by atoms with E-state index in [2.05, 4.69) is 5.32 Å². The van der Waals surface area contributed by atoms with Crippen LogP contribution in [0.4, 0.5) is 0 Å². The third kappa shape index (κ3) is 4.01. The van der Waals surface area contributed by atoms with Gasteiger partial charge in [-0.3, -0.25) is 4.79 Å². The lowest BCUT2D eigenvalue weighted by Crippen LogP contribution is -2.44. The van der Waals surface area contributed by atoms with E-state index in [-0.39, 0.29) is 11.9 Å². The van der Waals surface area contributed by atoms with Crippen molar-refractivity contribution in [1.29, 1.82) is 0 Å². The third-order valence-electron chi connectivity index (χ3n) is 4.57. The first kappa shape index (κ1) is 17.1. The Labute approximate surface area is 146 Å². The van der Waals surface area contributed by atoms with Crippen LogP contribution >= 0.6 is 11.6 Å². The van der Waals surface area contributed by atoms with E-state index in [4.69, 9.17) is 21.1 Å². The maximum absolute atomic E-state index is 12.2. The van der Waals surface area contributed by atoms with Gasteiger partial charge in [-0.25, -0.2) is 4.79 Å². The fourth-order valence-electron chi connectivity index (χ4n) is 3.22. The van der Waals surface area contributed by atoms with Crippen molar-refractivity contribution >= 4 is 23.5 Å². The summed E-state index contributed by atoms with van der Waals surface area (Å²) in [6.45, 7) is 1.59. The zero-order valence-electron chi connectivity index (χ0n) is 13.7. The van der Waals surface area contributed by atoms with Gasteiger partial charge in [-0.15, -0.1) is 0 Å². The molecule has 2 aliphatic rings. The smallest absolute Gasteiger partial charge is 0.348 e. The monoisotopic (exact) mass is 351 g/mol. The molecule has 0 spiro atoms. The molecule has 0 bridgehead atoms. The normalized spacial score (nSPS) is 21.5. The highest BCUT2D eigenvalue weighted by Crippen LogP contribution is 2.31. The van der Waals surface area contributed by atoms with Crippen LogP contribution in [0.25, 0.3) is 0 Å². The number of ether oxygens (including phenoxy) is 2. The number of nitrogens with one attached hydrogen (secondary N) is 1. The molecular formula is C18H22ClNO4. The molecule has 1 heterocycles. The largest absolute Gasteiger partial charge is 0.478 e. The number of rotatable bonds is 4. The van der Waals surface area contributed by atoms with Crippen LogP contribution in [0.3, 0.4) is 0 Å². The Balaban J connectivity index is 1.50. The maximum Gasteiger partial charge on any atom is 0.348 e. The quantitative estimate of drug-likeness (QED) is 0.847. The topological polar surface area (TPSA) is 64.6 Å². The van der Waals surface area contributed by atoms with E-state index >= 15 is 0 Å². The average Bonchev–Trinajstić information content (AvgIpc) is 2.99. The van der Waals surface area contributed by atoms with E-state index in [1.807, 2.05) is 0 Å². The van der Waals surface area contributed by atoms with Gasteiger partial charge in [0.2, 0.25) is 0 Å². The molecule has 1 aliphatic carbocycles. The van der Waals surface area contributed by atoms with E-state index in [9.17, 15) is 9.59 Å². The molecule has 1 saturated carbocycles. The Morgan fingerprint density at radius 1 is 1.29 bits per heavy atom. The number of halogens is 1. The molecule has 0 radical (unpaired) electrons. The summed E-state index contributed by atoms with van der Waals surface area (Å²) in [6, 6.07) is 5.43. The molecular weight excluding hydrogens is 330 g/mol. The van der Waals surface area contributed by atoms with Crippen LogP contribution in [0.5, 0.6) is 5.75 Å². The number of fused-ring (bicyclic) bond motifs is 1. The van der Waals surface area contributed by atoms with E-state index in [1.54, 1.807) is 25.1 Å². The zero-order chi connectivity index (χ0) is 17.1.